The lowest BCUT2D eigenvalue weighted by atomic mass is 10.0. The highest BCUT2D eigenvalue weighted by molar-refractivity contribution is 5.99. The van der Waals surface area contributed by atoms with Crippen LogP contribution in [-0.4, -0.2) is 30.9 Å². The predicted octanol–water partition coefficient (Wildman–Crippen LogP) is 4.01. The summed E-state index contributed by atoms with van der Waals surface area (Å²) < 4.78 is 38.4. The van der Waals surface area contributed by atoms with Gasteiger partial charge in [0, 0.05) is 25.8 Å². The minimum Gasteiger partial charge on any atom is -0.387 e. The van der Waals surface area contributed by atoms with Gasteiger partial charge in [0.1, 0.15) is 0 Å². The van der Waals surface area contributed by atoms with Crippen LogP contribution in [0.4, 0.5) is 18.9 Å². The molecule has 1 aromatic rings. The summed E-state index contributed by atoms with van der Waals surface area (Å²) in [4.78, 5) is 14.0. The summed E-state index contributed by atoms with van der Waals surface area (Å²) in [5.41, 5.74) is -0.379. The minimum absolute atomic E-state index is 0.0109. The summed E-state index contributed by atoms with van der Waals surface area (Å²) in [5, 5.41) is 2.77. The van der Waals surface area contributed by atoms with Crippen LogP contribution in [0.1, 0.15) is 42.6 Å². The molecule has 0 bridgehead atoms. The molecular weight excluding hydrogens is 281 g/mol. The highest BCUT2D eigenvalue weighted by Gasteiger charge is 2.32. The van der Waals surface area contributed by atoms with Gasteiger partial charge >= 0.3 is 6.18 Å². The second-order valence-corrected chi connectivity index (χ2v) is 4.89. The Morgan fingerprint density at radius 2 is 1.86 bits per heavy atom. The molecule has 0 aromatic heterocycles. The highest BCUT2D eigenvalue weighted by Crippen LogP contribution is 2.32. The number of benzene rings is 1. The van der Waals surface area contributed by atoms with Gasteiger partial charge in [-0.1, -0.05) is 13.8 Å². The van der Waals surface area contributed by atoms with Gasteiger partial charge in [-0.15, -0.1) is 0 Å². The molecule has 21 heavy (non-hydrogen) atoms. The molecule has 0 atom stereocenters. The molecule has 0 aliphatic rings. The Balaban J connectivity index is 3.23. The normalized spacial score (nSPS) is 11.6. The average Bonchev–Trinajstić information content (AvgIpc) is 2.45. The van der Waals surface area contributed by atoms with Crippen molar-refractivity contribution in [3.05, 3.63) is 29.3 Å². The highest BCUT2D eigenvalue weighted by atomic mass is 19.4. The van der Waals surface area contributed by atoms with Crippen LogP contribution in [0.5, 0.6) is 0 Å². The number of nitrogens with one attached hydrogen (secondary N) is 1. The summed E-state index contributed by atoms with van der Waals surface area (Å²) >= 11 is 0. The molecule has 1 rings (SSSR count). The quantitative estimate of drug-likeness (QED) is 0.891. The molecule has 0 saturated carbocycles. The van der Waals surface area contributed by atoms with E-state index < -0.39 is 17.6 Å². The third-order valence-corrected chi connectivity index (χ3v) is 3.66. The Morgan fingerprint density at radius 1 is 1.29 bits per heavy atom. The van der Waals surface area contributed by atoms with Gasteiger partial charge in [-0.25, -0.2) is 0 Å². The Labute approximate surface area is 123 Å². The zero-order chi connectivity index (χ0) is 16.2. The van der Waals surface area contributed by atoms with Crippen LogP contribution in [0.3, 0.4) is 0 Å². The Kier molecular flexibility index (Phi) is 5.63. The second kappa shape index (κ2) is 6.83. The van der Waals surface area contributed by atoms with Crippen LogP contribution in [0.15, 0.2) is 18.2 Å². The number of carbonyl (C=O) groups excluding carboxylic acids is 1. The smallest absolute Gasteiger partial charge is 0.387 e. The Hall–Kier alpha value is -1.72. The number of nitrogens with zero attached hydrogens (tertiary/aromatic N) is 1. The topological polar surface area (TPSA) is 32.3 Å². The molecule has 1 aromatic carbocycles. The number of anilines is 1. The molecule has 0 saturated heterocycles. The van der Waals surface area contributed by atoms with Gasteiger partial charge in [0.05, 0.1) is 11.1 Å². The van der Waals surface area contributed by atoms with Crippen LogP contribution < -0.4 is 5.32 Å². The van der Waals surface area contributed by atoms with E-state index in [2.05, 4.69) is 5.32 Å². The van der Waals surface area contributed by atoms with Crippen molar-refractivity contribution >= 4 is 11.6 Å². The summed E-state index contributed by atoms with van der Waals surface area (Å²) in [6.07, 6.45) is -2.95. The van der Waals surface area contributed by atoms with Gasteiger partial charge in [0.2, 0.25) is 0 Å². The maximum Gasteiger partial charge on any atom is 0.416 e. The van der Waals surface area contributed by atoms with E-state index in [-0.39, 0.29) is 11.6 Å². The lowest BCUT2D eigenvalue weighted by Crippen LogP contribution is -2.36. The fourth-order valence-corrected chi connectivity index (χ4v) is 2.31. The van der Waals surface area contributed by atoms with E-state index in [1.807, 2.05) is 13.8 Å². The summed E-state index contributed by atoms with van der Waals surface area (Å²) in [6, 6.07) is 3.18. The van der Waals surface area contributed by atoms with Crippen LogP contribution in [0, 0.1) is 0 Å². The molecule has 0 spiro atoms. The van der Waals surface area contributed by atoms with Crippen LogP contribution in [-0.2, 0) is 6.18 Å². The molecule has 0 heterocycles. The summed E-state index contributed by atoms with van der Waals surface area (Å²) in [7, 11) is 3.20. The lowest BCUT2D eigenvalue weighted by Gasteiger charge is -2.27. The zero-order valence-corrected chi connectivity index (χ0v) is 12.7. The van der Waals surface area contributed by atoms with Crippen LogP contribution in [0.25, 0.3) is 0 Å². The van der Waals surface area contributed by atoms with Crippen molar-refractivity contribution in [2.24, 2.45) is 0 Å². The maximum absolute atomic E-state index is 12.8. The number of hydrogen-bond acceptors (Lipinski definition) is 2. The number of amides is 1. The number of alkyl halides is 3. The van der Waals surface area contributed by atoms with E-state index in [1.54, 1.807) is 14.1 Å². The predicted molar refractivity (Wildman–Crippen MR) is 77.5 cm³/mol. The fraction of sp³-hybridized carbons (Fsp3) is 0.533. The molecule has 0 radical (unpaired) electrons. The maximum atomic E-state index is 12.8. The molecule has 0 aliphatic carbocycles. The first-order valence-electron chi connectivity index (χ1n) is 6.92. The third kappa shape index (κ3) is 3.89. The summed E-state index contributed by atoms with van der Waals surface area (Å²) in [6.45, 7) is 3.89. The largest absolute Gasteiger partial charge is 0.416 e. The molecule has 1 amide bonds. The lowest BCUT2D eigenvalue weighted by molar-refractivity contribution is -0.137. The van der Waals surface area contributed by atoms with Crippen LogP contribution >= 0.6 is 0 Å². The molecular formula is C15H21F3N2O. The first-order valence-corrected chi connectivity index (χ1v) is 6.92. The molecule has 1 N–H and O–H groups in total. The molecule has 6 heteroatoms. The van der Waals surface area contributed by atoms with Gasteiger partial charge in [-0.2, -0.15) is 13.2 Å². The monoisotopic (exact) mass is 302 g/mol. The van der Waals surface area contributed by atoms with Crippen molar-refractivity contribution < 1.29 is 18.0 Å². The van der Waals surface area contributed by atoms with E-state index in [0.717, 1.165) is 25.0 Å². The van der Waals surface area contributed by atoms with Crippen molar-refractivity contribution in [1.29, 1.82) is 0 Å². The number of carbonyl (C=O) groups is 1. The number of halogens is 3. The van der Waals surface area contributed by atoms with E-state index in [4.69, 9.17) is 0 Å². The van der Waals surface area contributed by atoms with Crippen molar-refractivity contribution in [1.82, 2.24) is 4.90 Å². The first kappa shape index (κ1) is 17.3. The van der Waals surface area contributed by atoms with Gasteiger partial charge in [-0.05, 0) is 31.0 Å². The molecule has 0 aliphatic heterocycles. The summed E-state index contributed by atoms with van der Waals surface area (Å²) in [5.74, 6) is -0.404. The molecule has 3 nitrogen and oxygen atoms in total. The number of rotatable bonds is 5. The van der Waals surface area contributed by atoms with Crippen molar-refractivity contribution in [3.8, 4) is 0 Å². The Morgan fingerprint density at radius 3 is 2.29 bits per heavy atom. The van der Waals surface area contributed by atoms with E-state index in [9.17, 15) is 18.0 Å². The second-order valence-electron chi connectivity index (χ2n) is 4.89. The zero-order valence-electron chi connectivity index (χ0n) is 12.7. The van der Waals surface area contributed by atoms with E-state index >= 15 is 0 Å². The van der Waals surface area contributed by atoms with Gasteiger partial charge in [-0.3, -0.25) is 4.79 Å². The van der Waals surface area contributed by atoms with Gasteiger partial charge < -0.3 is 10.2 Å². The average molecular weight is 302 g/mol. The van der Waals surface area contributed by atoms with E-state index in [0.29, 0.717) is 5.69 Å². The van der Waals surface area contributed by atoms with Crippen molar-refractivity contribution in [2.75, 3.05) is 19.4 Å². The first-order chi connectivity index (χ1) is 9.76. The molecule has 0 fully saturated rings. The van der Waals surface area contributed by atoms with Crippen molar-refractivity contribution in [2.45, 2.75) is 38.9 Å². The van der Waals surface area contributed by atoms with Crippen molar-refractivity contribution in [3.63, 3.8) is 0 Å². The minimum atomic E-state index is -4.46. The molecule has 0 unspecified atom stereocenters. The SMILES string of the molecule is CCC(CC)N(C)C(=O)c1cc(C(F)(F)F)ccc1NC. The molecule has 118 valence electrons. The van der Waals surface area contributed by atoms with Gasteiger partial charge in [0.25, 0.3) is 5.91 Å². The fourth-order valence-electron chi connectivity index (χ4n) is 2.31. The Bertz CT molecular complexity index is 496. The third-order valence-electron chi connectivity index (χ3n) is 3.66. The number of hydrogen-bond donors (Lipinski definition) is 1. The standard InChI is InChI=1S/C15H21F3N2O/c1-5-11(6-2)20(4)14(21)12-9-10(15(16,17)18)7-8-13(12)19-3/h7-9,11,19H,5-6H2,1-4H3. The van der Waals surface area contributed by atoms with Gasteiger partial charge in [0.15, 0.2) is 0 Å². The van der Waals surface area contributed by atoms with E-state index in [1.165, 1.54) is 11.0 Å². The van der Waals surface area contributed by atoms with Crippen LogP contribution in [0.2, 0.25) is 0 Å².